The van der Waals surface area contributed by atoms with Gasteiger partial charge in [-0.05, 0) is 6.92 Å². The molecule has 0 aliphatic carbocycles. The zero-order valence-electron chi connectivity index (χ0n) is 9.10. The van der Waals surface area contributed by atoms with Crippen LogP contribution in [0.3, 0.4) is 0 Å². The summed E-state index contributed by atoms with van der Waals surface area (Å²) in [5.74, 6) is -0.228. The molecule has 0 atom stereocenters. The van der Waals surface area contributed by atoms with Gasteiger partial charge in [0.05, 0.1) is 6.26 Å². The molecule has 0 saturated carbocycles. The van der Waals surface area contributed by atoms with E-state index in [4.69, 9.17) is 0 Å². The Hall–Kier alpha value is -1.62. The maximum atomic E-state index is 11.6. The van der Waals surface area contributed by atoms with Crippen LogP contribution in [0.1, 0.15) is 17.3 Å². The van der Waals surface area contributed by atoms with Gasteiger partial charge in [0.15, 0.2) is 5.78 Å². The van der Waals surface area contributed by atoms with Crippen LogP contribution in [0.4, 0.5) is 0 Å². The van der Waals surface area contributed by atoms with Crippen LogP contribution in [0, 0.1) is 0 Å². The minimum atomic E-state index is -3.32. The third kappa shape index (κ3) is 4.27. The van der Waals surface area contributed by atoms with Gasteiger partial charge in [-0.2, -0.15) is 0 Å². The van der Waals surface area contributed by atoms with Gasteiger partial charge in [-0.1, -0.05) is 30.3 Å². The van der Waals surface area contributed by atoms with E-state index in [-0.39, 0.29) is 5.78 Å². The number of hydrogen-bond acceptors (Lipinski definition) is 3. The van der Waals surface area contributed by atoms with Crippen LogP contribution < -0.4 is 4.72 Å². The second-order valence-corrected chi connectivity index (χ2v) is 5.18. The number of carbonyl (C=O) groups is 1. The highest BCUT2D eigenvalue weighted by molar-refractivity contribution is 7.88. The fourth-order valence-electron chi connectivity index (χ4n) is 1.20. The Morgan fingerprint density at radius 3 is 2.31 bits per heavy atom. The van der Waals surface area contributed by atoms with E-state index in [0.29, 0.717) is 11.3 Å². The number of allylic oxidation sites excluding steroid dienone is 2. The maximum Gasteiger partial charge on any atom is 0.229 e. The number of ketones is 1. The number of carbonyl (C=O) groups excluding carboxylic acids is 1. The number of sulfonamides is 1. The van der Waals surface area contributed by atoms with Crippen molar-refractivity contribution in [3.8, 4) is 0 Å². The highest BCUT2D eigenvalue weighted by atomic mass is 32.2. The van der Waals surface area contributed by atoms with Gasteiger partial charge in [0.1, 0.15) is 0 Å². The van der Waals surface area contributed by atoms with E-state index in [2.05, 4.69) is 4.72 Å². The number of benzene rings is 1. The molecule has 1 aromatic rings. The summed E-state index contributed by atoms with van der Waals surface area (Å²) in [5.41, 5.74) is 0.827. The first-order valence-electron chi connectivity index (χ1n) is 4.64. The summed E-state index contributed by atoms with van der Waals surface area (Å²) < 4.78 is 24.0. The molecule has 0 aromatic heterocycles. The van der Waals surface area contributed by atoms with Gasteiger partial charge < -0.3 is 0 Å². The van der Waals surface area contributed by atoms with E-state index < -0.39 is 10.0 Å². The third-order valence-electron chi connectivity index (χ3n) is 1.75. The zero-order chi connectivity index (χ0) is 12.2. The first kappa shape index (κ1) is 12.4. The van der Waals surface area contributed by atoms with Gasteiger partial charge in [-0.25, -0.2) is 8.42 Å². The first-order chi connectivity index (χ1) is 7.38. The molecule has 1 aromatic carbocycles. The molecule has 5 heteroatoms. The van der Waals surface area contributed by atoms with Crippen molar-refractivity contribution in [2.45, 2.75) is 6.92 Å². The van der Waals surface area contributed by atoms with Crippen LogP contribution in [0.25, 0.3) is 0 Å². The molecule has 0 spiro atoms. The standard InChI is InChI=1S/C11H13NO3S/c1-9(12-16(2,14)15)8-11(13)10-6-4-3-5-7-10/h3-8,12H,1-2H3/b9-8+. The average Bonchev–Trinajstić information content (AvgIpc) is 2.16. The van der Waals surface area contributed by atoms with Crippen LogP contribution >= 0.6 is 0 Å². The molecule has 0 saturated heterocycles. The van der Waals surface area contributed by atoms with E-state index in [1.807, 2.05) is 6.07 Å². The molecule has 0 amide bonds. The molecule has 0 aliphatic rings. The molecular formula is C11H13NO3S. The normalized spacial score (nSPS) is 12.2. The van der Waals surface area contributed by atoms with Gasteiger partial charge in [0.2, 0.25) is 10.0 Å². The summed E-state index contributed by atoms with van der Waals surface area (Å²) in [7, 11) is -3.32. The fraction of sp³-hybridized carbons (Fsp3) is 0.182. The van der Waals surface area contributed by atoms with Crippen LogP contribution in [0.5, 0.6) is 0 Å². The first-order valence-corrected chi connectivity index (χ1v) is 6.53. The van der Waals surface area contributed by atoms with Crippen molar-refractivity contribution >= 4 is 15.8 Å². The van der Waals surface area contributed by atoms with Crippen molar-refractivity contribution in [2.75, 3.05) is 6.26 Å². The molecule has 1 rings (SSSR count). The highest BCUT2D eigenvalue weighted by Gasteiger charge is 2.04. The Morgan fingerprint density at radius 2 is 1.81 bits per heavy atom. The summed E-state index contributed by atoms with van der Waals surface area (Å²) in [6.45, 7) is 1.53. The van der Waals surface area contributed by atoms with Crippen LogP contribution in [0.2, 0.25) is 0 Å². The lowest BCUT2D eigenvalue weighted by Gasteiger charge is -2.02. The SMILES string of the molecule is C/C(=C\C(=O)c1ccccc1)NS(C)(=O)=O. The second-order valence-electron chi connectivity index (χ2n) is 3.43. The summed E-state index contributed by atoms with van der Waals surface area (Å²) in [4.78, 5) is 11.6. The van der Waals surface area contributed by atoms with Crippen LogP contribution in [-0.4, -0.2) is 20.5 Å². The lowest BCUT2D eigenvalue weighted by atomic mass is 10.1. The lowest BCUT2D eigenvalue weighted by molar-refractivity contribution is 0.104. The van der Waals surface area contributed by atoms with E-state index in [1.54, 1.807) is 24.3 Å². The molecule has 1 N–H and O–H groups in total. The number of hydrogen-bond donors (Lipinski definition) is 1. The summed E-state index contributed by atoms with van der Waals surface area (Å²) >= 11 is 0. The maximum absolute atomic E-state index is 11.6. The monoisotopic (exact) mass is 239 g/mol. The fourth-order valence-corrected chi connectivity index (χ4v) is 1.85. The zero-order valence-corrected chi connectivity index (χ0v) is 9.91. The summed E-state index contributed by atoms with van der Waals surface area (Å²) in [6.07, 6.45) is 2.30. The van der Waals surface area contributed by atoms with Crippen molar-refractivity contribution in [3.05, 3.63) is 47.7 Å². The lowest BCUT2D eigenvalue weighted by Crippen LogP contribution is -2.20. The Morgan fingerprint density at radius 1 is 1.25 bits per heavy atom. The Balaban J connectivity index is 2.82. The van der Waals surface area contributed by atoms with Gasteiger partial charge in [-0.3, -0.25) is 9.52 Å². The van der Waals surface area contributed by atoms with Crippen LogP contribution in [0.15, 0.2) is 42.1 Å². The van der Waals surface area contributed by atoms with Crippen molar-refractivity contribution in [1.29, 1.82) is 0 Å². The van der Waals surface area contributed by atoms with E-state index in [0.717, 1.165) is 6.26 Å². The summed E-state index contributed by atoms with van der Waals surface area (Å²) in [6, 6.07) is 8.65. The Labute approximate surface area is 95.0 Å². The number of nitrogens with one attached hydrogen (secondary N) is 1. The molecule has 0 bridgehead atoms. The predicted molar refractivity (Wildman–Crippen MR) is 62.5 cm³/mol. The molecule has 0 fully saturated rings. The van der Waals surface area contributed by atoms with Gasteiger partial charge >= 0.3 is 0 Å². The molecule has 0 radical (unpaired) electrons. The van der Waals surface area contributed by atoms with Gasteiger partial charge in [0.25, 0.3) is 0 Å². The summed E-state index contributed by atoms with van der Waals surface area (Å²) in [5, 5.41) is 0. The molecule has 4 nitrogen and oxygen atoms in total. The van der Waals surface area contributed by atoms with Crippen LogP contribution in [-0.2, 0) is 10.0 Å². The minimum Gasteiger partial charge on any atom is -0.289 e. The molecular weight excluding hydrogens is 226 g/mol. The highest BCUT2D eigenvalue weighted by Crippen LogP contribution is 2.02. The Bertz CT molecular complexity index is 503. The van der Waals surface area contributed by atoms with E-state index in [9.17, 15) is 13.2 Å². The quantitative estimate of drug-likeness (QED) is 0.636. The molecule has 0 unspecified atom stereocenters. The number of rotatable bonds is 4. The van der Waals surface area contributed by atoms with Gasteiger partial charge in [0, 0.05) is 17.3 Å². The second kappa shape index (κ2) is 4.94. The largest absolute Gasteiger partial charge is 0.289 e. The van der Waals surface area contributed by atoms with Gasteiger partial charge in [-0.15, -0.1) is 0 Å². The van der Waals surface area contributed by atoms with E-state index >= 15 is 0 Å². The van der Waals surface area contributed by atoms with Crippen molar-refractivity contribution in [3.63, 3.8) is 0 Å². The minimum absolute atomic E-state index is 0.228. The predicted octanol–water partition coefficient (Wildman–Crippen LogP) is 1.32. The van der Waals surface area contributed by atoms with Crippen molar-refractivity contribution in [2.24, 2.45) is 0 Å². The van der Waals surface area contributed by atoms with E-state index in [1.165, 1.54) is 13.0 Å². The Kier molecular flexibility index (Phi) is 3.84. The molecule has 0 heterocycles. The van der Waals surface area contributed by atoms with Crippen molar-refractivity contribution < 1.29 is 13.2 Å². The molecule has 86 valence electrons. The van der Waals surface area contributed by atoms with Crippen molar-refractivity contribution in [1.82, 2.24) is 4.72 Å². The topological polar surface area (TPSA) is 63.2 Å². The third-order valence-corrected chi connectivity index (χ3v) is 2.45. The smallest absolute Gasteiger partial charge is 0.229 e. The molecule has 0 aliphatic heterocycles. The molecule has 16 heavy (non-hydrogen) atoms. The average molecular weight is 239 g/mol.